The fraction of sp³-hybridized carbons (Fsp3) is 0.525. The molecule has 6 aliphatic heterocycles. The molecule has 3 aromatic heterocycles. The Hall–Kier alpha value is -7.11. The number of ether oxygens (including phenoxy) is 3. The number of halogens is 4. The molecule has 81 heavy (non-hydrogen) atoms. The number of likely N-dealkylation sites (tertiary alicyclic amines) is 1. The summed E-state index contributed by atoms with van der Waals surface area (Å²) in [6, 6.07) is 14.7. The van der Waals surface area contributed by atoms with Crippen LogP contribution in [0.2, 0.25) is 0 Å². The van der Waals surface area contributed by atoms with E-state index in [0.717, 1.165) is 112 Å². The summed E-state index contributed by atoms with van der Waals surface area (Å²) in [5.41, 5.74) is 4.12. The molecule has 428 valence electrons. The standard InChI is InChI=1S/C34H33F2N5O2.C27H37F2N5O4/c1-2-23-25(35)11-9-21-7-3-8-24(27(21)23)30-29(36)31-28-26(37-30)12-10-22-19-42-18-6-17-41(22)32(28)39-33(38-31)43-20-34-13-4-15-40(34)16-5-14-34;1-30-25(36)22(5-4-14-35)24-21-7-6-20(16-23(21)32(2)31-24)33-11-8-18(9-12-33)15-19-10-13-34(26(37)38-3)17-27(19,28)29/h1,3,7-9,11,22H,4-6,10,12-20H2;6-7,14,16,18-19,22H,4-5,8-13,15,17H2,1-3H3,(H,30,36). The number of benzene rings is 3. The molecule has 6 aromatic rings. The molecule has 3 atom stereocenters. The van der Waals surface area contributed by atoms with E-state index in [-0.39, 0.29) is 59.0 Å². The van der Waals surface area contributed by atoms with Gasteiger partial charge in [0.2, 0.25) is 5.91 Å². The number of nitrogens with one attached hydrogen (secondary N) is 1. The molecule has 0 bridgehead atoms. The second-order valence-corrected chi connectivity index (χ2v) is 22.7. The number of carbonyl (C=O) groups excluding carboxylic acids is 3. The average molecular weight is 1120 g/mol. The second kappa shape index (κ2) is 23.4. The van der Waals surface area contributed by atoms with Gasteiger partial charge in [0.05, 0.1) is 65.6 Å². The summed E-state index contributed by atoms with van der Waals surface area (Å²) in [6.07, 6.45) is 15.6. The quantitative estimate of drug-likeness (QED) is 0.0702. The third-order valence-electron chi connectivity index (χ3n) is 18.0. The van der Waals surface area contributed by atoms with Gasteiger partial charge in [-0.2, -0.15) is 15.1 Å². The SMILES string of the molecule is C#Cc1c(F)ccc2cccc(-c3nc4c5c(nc(OCC67CCCN6CCC7)nc5c3F)N3CCCOCC3CC4)c12.CNC(=O)C(CCC=O)c1nn(C)c2cc(N3CCC(CC4CCN(C(=O)OC)CC4(F)F)CC3)ccc12. The van der Waals surface area contributed by atoms with Gasteiger partial charge in [-0.15, -0.1) is 6.42 Å². The third-order valence-corrected chi connectivity index (χ3v) is 18.0. The topological polar surface area (TPSA) is 160 Å². The van der Waals surface area contributed by atoms with Gasteiger partial charge >= 0.3 is 12.1 Å². The zero-order valence-electron chi connectivity index (χ0n) is 46.3. The van der Waals surface area contributed by atoms with Gasteiger partial charge in [0.1, 0.15) is 35.7 Å². The van der Waals surface area contributed by atoms with Gasteiger partial charge in [-0.25, -0.2) is 27.3 Å². The van der Waals surface area contributed by atoms with Crippen LogP contribution in [0.25, 0.3) is 43.8 Å². The van der Waals surface area contributed by atoms with E-state index in [9.17, 15) is 27.6 Å². The Bertz CT molecular complexity index is 3390. The molecule has 5 saturated heterocycles. The van der Waals surface area contributed by atoms with Crippen LogP contribution in [0.3, 0.4) is 0 Å². The second-order valence-electron chi connectivity index (χ2n) is 22.7. The first-order valence-electron chi connectivity index (χ1n) is 28.6. The van der Waals surface area contributed by atoms with Gasteiger partial charge < -0.3 is 39.0 Å². The number of terminal acetylenes is 1. The fourth-order valence-corrected chi connectivity index (χ4v) is 13.8. The highest BCUT2D eigenvalue weighted by atomic mass is 19.3. The number of aromatic nitrogens is 5. The lowest BCUT2D eigenvalue weighted by molar-refractivity contribution is -0.122. The summed E-state index contributed by atoms with van der Waals surface area (Å²) >= 11 is 0. The number of hydrogen-bond acceptors (Lipinski definition) is 13. The molecule has 0 radical (unpaired) electrons. The zero-order valence-corrected chi connectivity index (χ0v) is 46.3. The summed E-state index contributed by atoms with van der Waals surface area (Å²) < 4.78 is 80.1. The van der Waals surface area contributed by atoms with E-state index in [0.29, 0.717) is 84.6 Å². The lowest BCUT2D eigenvalue weighted by atomic mass is 9.81. The van der Waals surface area contributed by atoms with Gasteiger partial charge in [0.15, 0.2) is 5.82 Å². The Morgan fingerprint density at radius 3 is 2.51 bits per heavy atom. The van der Waals surface area contributed by atoms with Gasteiger partial charge in [0, 0.05) is 81.2 Å². The van der Waals surface area contributed by atoms with Gasteiger partial charge in [-0.3, -0.25) is 14.4 Å². The molecule has 0 saturated carbocycles. The fourth-order valence-electron chi connectivity index (χ4n) is 13.8. The number of hydrogen-bond donors (Lipinski definition) is 1. The van der Waals surface area contributed by atoms with E-state index in [1.165, 1.54) is 13.2 Å². The largest absolute Gasteiger partial charge is 0.461 e. The predicted octanol–water partition coefficient (Wildman–Crippen LogP) is 9.37. The van der Waals surface area contributed by atoms with Gasteiger partial charge in [-0.1, -0.05) is 30.2 Å². The van der Waals surface area contributed by atoms with Crippen LogP contribution in [0.1, 0.15) is 99.9 Å². The Kier molecular flexibility index (Phi) is 16.1. The Morgan fingerprint density at radius 2 is 1.77 bits per heavy atom. The van der Waals surface area contributed by atoms with Crippen molar-refractivity contribution in [1.29, 1.82) is 0 Å². The molecule has 0 spiro atoms. The normalized spacial score (nSPS) is 21.1. The molecule has 20 heteroatoms. The minimum absolute atomic E-state index is 0.00280. The number of aldehydes is 1. The number of carbonyl (C=O) groups is 3. The molecule has 0 aliphatic carbocycles. The van der Waals surface area contributed by atoms with E-state index >= 15 is 4.39 Å². The molecule has 5 fully saturated rings. The van der Waals surface area contributed by atoms with Crippen LogP contribution in [-0.2, 0) is 32.5 Å². The first-order chi connectivity index (χ1) is 39.2. The van der Waals surface area contributed by atoms with Crippen molar-refractivity contribution in [3.63, 3.8) is 0 Å². The summed E-state index contributed by atoms with van der Waals surface area (Å²) in [5.74, 6) is -2.08. The highest BCUT2D eigenvalue weighted by molar-refractivity contribution is 6.03. The number of alkyl halides is 2. The minimum Gasteiger partial charge on any atom is -0.461 e. The maximum Gasteiger partial charge on any atom is 0.409 e. The molecule has 2 amide bonds. The van der Waals surface area contributed by atoms with Gasteiger partial charge in [-0.05, 0) is 126 Å². The van der Waals surface area contributed by atoms with Crippen molar-refractivity contribution >= 4 is 62.4 Å². The Labute approximate surface area is 468 Å². The number of anilines is 2. The zero-order chi connectivity index (χ0) is 56.6. The van der Waals surface area contributed by atoms with E-state index < -0.39 is 42.0 Å². The molecular formula is C61H70F4N10O6. The van der Waals surface area contributed by atoms with Crippen molar-refractivity contribution in [3.05, 3.63) is 77.1 Å². The lowest BCUT2D eigenvalue weighted by Gasteiger charge is -2.40. The number of nitrogens with zero attached hydrogens (tertiary/aromatic N) is 9. The molecule has 3 unspecified atom stereocenters. The van der Waals surface area contributed by atoms with Crippen molar-refractivity contribution in [2.45, 2.75) is 107 Å². The van der Waals surface area contributed by atoms with E-state index in [1.54, 1.807) is 23.9 Å². The first-order valence-corrected chi connectivity index (χ1v) is 28.6. The molecule has 3 aromatic carbocycles. The maximum absolute atomic E-state index is 16.9. The number of piperidine rings is 2. The monoisotopic (exact) mass is 1110 g/mol. The number of aryl methyl sites for hydroxylation is 2. The van der Waals surface area contributed by atoms with Crippen LogP contribution in [0.4, 0.5) is 33.9 Å². The number of methoxy groups -OCH3 is 1. The number of rotatable bonds is 12. The number of fused-ring (bicyclic) bond motifs is 5. The molecular weight excluding hydrogens is 1040 g/mol. The summed E-state index contributed by atoms with van der Waals surface area (Å²) in [6.45, 7) is 5.90. The first kappa shape index (κ1) is 55.8. The van der Waals surface area contributed by atoms with E-state index in [4.69, 9.17) is 30.8 Å². The van der Waals surface area contributed by atoms with Crippen LogP contribution in [0.15, 0.2) is 48.5 Å². The van der Waals surface area contributed by atoms with Crippen LogP contribution < -0.4 is 19.9 Å². The van der Waals surface area contributed by atoms with E-state index in [1.807, 2.05) is 31.3 Å². The van der Waals surface area contributed by atoms with Crippen LogP contribution in [0, 0.1) is 35.8 Å². The van der Waals surface area contributed by atoms with Crippen LogP contribution in [0.5, 0.6) is 6.01 Å². The van der Waals surface area contributed by atoms with Crippen molar-refractivity contribution in [1.82, 2.24) is 39.8 Å². The third kappa shape index (κ3) is 10.8. The minimum atomic E-state index is -2.91. The maximum atomic E-state index is 16.9. The van der Waals surface area contributed by atoms with Gasteiger partial charge in [0.25, 0.3) is 5.92 Å². The van der Waals surface area contributed by atoms with Crippen molar-refractivity contribution in [3.8, 4) is 29.6 Å². The molecule has 9 heterocycles. The highest BCUT2D eigenvalue weighted by Crippen LogP contribution is 2.44. The molecule has 16 nitrogen and oxygen atoms in total. The van der Waals surface area contributed by atoms with Crippen molar-refractivity contribution < 1.29 is 46.2 Å². The summed E-state index contributed by atoms with van der Waals surface area (Å²) in [7, 11) is 4.63. The van der Waals surface area contributed by atoms with Crippen LogP contribution in [-0.4, -0.2) is 150 Å². The Morgan fingerprint density at radius 1 is 0.963 bits per heavy atom. The number of likely N-dealkylation sites (N-methyl/N-ethyl adjacent to an activating group) is 1. The number of pyridine rings is 1. The van der Waals surface area contributed by atoms with Crippen molar-refractivity contribution in [2.24, 2.45) is 18.9 Å². The predicted molar refractivity (Wildman–Crippen MR) is 301 cm³/mol. The molecule has 6 aliphatic rings. The molecule has 12 rings (SSSR count). The molecule has 1 N–H and O–H groups in total. The highest BCUT2D eigenvalue weighted by Gasteiger charge is 2.48. The summed E-state index contributed by atoms with van der Waals surface area (Å²) in [4.78, 5) is 57.9. The average Bonchev–Trinajstić information content (AvgIpc) is 4.28. The van der Waals surface area contributed by atoms with E-state index in [2.05, 4.69) is 41.8 Å². The van der Waals surface area contributed by atoms with Crippen molar-refractivity contribution in [2.75, 3.05) is 89.6 Å². The smallest absolute Gasteiger partial charge is 0.409 e. The summed E-state index contributed by atoms with van der Waals surface area (Å²) in [5, 5.41) is 9.98. The lowest BCUT2D eigenvalue weighted by Crippen LogP contribution is -2.51. The Balaban J connectivity index is 0.000000172. The number of amides is 2. The van der Waals surface area contributed by atoms with Crippen LogP contribution >= 0.6 is 0 Å².